The van der Waals surface area contributed by atoms with Gasteiger partial charge in [-0.1, -0.05) is 13.8 Å². The number of hydrogen-bond acceptors (Lipinski definition) is 6. The number of fused-ring (bicyclic) bond motifs is 1. The predicted octanol–water partition coefficient (Wildman–Crippen LogP) is 3.35. The fourth-order valence-electron chi connectivity index (χ4n) is 2.03. The number of H-pyrrole nitrogens is 1. The number of nitrogens with one attached hydrogen (secondary N) is 1. The summed E-state index contributed by atoms with van der Waals surface area (Å²) in [5.41, 5.74) is 1.49. The first kappa shape index (κ1) is 15.4. The van der Waals surface area contributed by atoms with Crippen LogP contribution in [0.25, 0.3) is 17.1 Å². The molecular formula is C16H16N4O2S. The van der Waals surface area contributed by atoms with Gasteiger partial charge in [0.05, 0.1) is 12.0 Å². The third-order valence-corrected chi connectivity index (χ3v) is 3.86. The lowest BCUT2D eigenvalue weighted by atomic mass is 10.2. The maximum Gasteiger partial charge on any atom is 0.226 e. The molecule has 118 valence electrons. The molecule has 0 aromatic carbocycles. The minimum absolute atomic E-state index is 0.129. The molecule has 0 spiro atoms. The molecule has 3 aromatic heterocycles. The summed E-state index contributed by atoms with van der Waals surface area (Å²) < 4.78 is 5.76. The van der Waals surface area contributed by atoms with Crippen molar-refractivity contribution in [3.63, 3.8) is 0 Å². The molecule has 0 amide bonds. The standard InChI is InChI=1S/C16H16N4O2S/c1-10(2)8-22-15-13-11(7-18-14(13)19-9-20-15)3-4-12(21)16-17-5-6-23-16/h3-7,9-10H,8H2,1-2H3,(H,18,19,20). The number of aromatic amines is 1. The molecule has 3 heterocycles. The Kier molecular flexibility index (Phi) is 4.47. The van der Waals surface area contributed by atoms with Crippen LogP contribution in [-0.2, 0) is 0 Å². The number of ketones is 1. The van der Waals surface area contributed by atoms with Gasteiger partial charge in [-0.3, -0.25) is 4.79 Å². The molecule has 0 aliphatic heterocycles. The van der Waals surface area contributed by atoms with Crippen LogP contribution >= 0.6 is 11.3 Å². The van der Waals surface area contributed by atoms with E-state index in [2.05, 4.69) is 33.8 Å². The van der Waals surface area contributed by atoms with E-state index in [1.807, 2.05) is 0 Å². The van der Waals surface area contributed by atoms with Gasteiger partial charge in [-0.25, -0.2) is 15.0 Å². The predicted molar refractivity (Wildman–Crippen MR) is 89.7 cm³/mol. The highest BCUT2D eigenvalue weighted by atomic mass is 32.1. The zero-order valence-electron chi connectivity index (χ0n) is 12.8. The monoisotopic (exact) mass is 328 g/mol. The fourth-order valence-corrected chi connectivity index (χ4v) is 2.58. The lowest BCUT2D eigenvalue weighted by Gasteiger charge is -2.08. The molecule has 0 saturated carbocycles. The maximum atomic E-state index is 12.0. The molecule has 0 radical (unpaired) electrons. The van der Waals surface area contributed by atoms with Crippen LogP contribution in [0.15, 0.2) is 30.2 Å². The van der Waals surface area contributed by atoms with E-state index >= 15 is 0 Å². The third-order valence-electron chi connectivity index (χ3n) is 3.08. The Morgan fingerprint density at radius 1 is 1.39 bits per heavy atom. The van der Waals surface area contributed by atoms with Crippen molar-refractivity contribution >= 4 is 34.2 Å². The molecule has 7 heteroatoms. The summed E-state index contributed by atoms with van der Waals surface area (Å²) in [4.78, 5) is 27.5. The largest absolute Gasteiger partial charge is 0.477 e. The van der Waals surface area contributed by atoms with E-state index in [0.717, 1.165) is 10.9 Å². The number of ether oxygens (including phenoxy) is 1. The van der Waals surface area contributed by atoms with Crippen molar-refractivity contribution in [1.29, 1.82) is 0 Å². The Bertz CT molecular complexity index is 837. The average molecular weight is 328 g/mol. The van der Waals surface area contributed by atoms with Gasteiger partial charge in [0.1, 0.15) is 12.0 Å². The Labute approximate surface area is 137 Å². The molecule has 0 bridgehead atoms. The SMILES string of the molecule is CC(C)COc1ncnc2[nH]cc(C=CC(=O)c3nccs3)c12. The number of hydrogen-bond donors (Lipinski definition) is 1. The maximum absolute atomic E-state index is 12.0. The van der Waals surface area contributed by atoms with Crippen molar-refractivity contribution < 1.29 is 9.53 Å². The second-order valence-electron chi connectivity index (χ2n) is 5.39. The van der Waals surface area contributed by atoms with E-state index < -0.39 is 0 Å². The van der Waals surface area contributed by atoms with E-state index in [-0.39, 0.29) is 5.78 Å². The molecule has 3 rings (SSSR count). The molecule has 1 N–H and O–H groups in total. The Morgan fingerprint density at radius 3 is 3.00 bits per heavy atom. The van der Waals surface area contributed by atoms with Gasteiger partial charge in [0.15, 0.2) is 5.01 Å². The number of allylic oxidation sites excluding steroid dienone is 1. The van der Waals surface area contributed by atoms with Crippen molar-refractivity contribution in [2.24, 2.45) is 5.92 Å². The highest BCUT2D eigenvalue weighted by Gasteiger charge is 2.12. The Hall–Kier alpha value is -2.54. The van der Waals surface area contributed by atoms with Gasteiger partial charge < -0.3 is 9.72 Å². The third kappa shape index (κ3) is 3.45. The van der Waals surface area contributed by atoms with Gasteiger partial charge in [-0.2, -0.15) is 0 Å². The Balaban J connectivity index is 1.90. The lowest BCUT2D eigenvalue weighted by Crippen LogP contribution is -2.06. The minimum Gasteiger partial charge on any atom is -0.477 e. The molecule has 0 atom stereocenters. The summed E-state index contributed by atoms with van der Waals surface area (Å²) in [6, 6.07) is 0. The van der Waals surface area contributed by atoms with Gasteiger partial charge in [0.2, 0.25) is 11.7 Å². The van der Waals surface area contributed by atoms with E-state index in [9.17, 15) is 4.79 Å². The van der Waals surface area contributed by atoms with Gasteiger partial charge in [0, 0.05) is 23.3 Å². The van der Waals surface area contributed by atoms with Gasteiger partial charge >= 0.3 is 0 Å². The first-order chi connectivity index (χ1) is 11.1. The van der Waals surface area contributed by atoms with E-state index in [4.69, 9.17) is 4.74 Å². The molecule has 0 aliphatic rings. The lowest BCUT2D eigenvalue weighted by molar-refractivity contribution is 0.104. The molecule has 0 aliphatic carbocycles. The van der Waals surface area contributed by atoms with Crippen LogP contribution < -0.4 is 4.74 Å². The first-order valence-electron chi connectivity index (χ1n) is 7.22. The van der Waals surface area contributed by atoms with Crippen molar-refractivity contribution in [3.05, 3.63) is 40.7 Å². The number of carbonyl (C=O) groups is 1. The summed E-state index contributed by atoms with van der Waals surface area (Å²) in [6.07, 6.45) is 8.09. The van der Waals surface area contributed by atoms with Gasteiger partial charge in [-0.15, -0.1) is 11.3 Å². The van der Waals surface area contributed by atoms with Crippen LogP contribution in [0, 0.1) is 5.92 Å². The van der Waals surface area contributed by atoms with Crippen molar-refractivity contribution in [3.8, 4) is 5.88 Å². The van der Waals surface area contributed by atoms with Crippen LogP contribution in [0.2, 0.25) is 0 Å². The quantitative estimate of drug-likeness (QED) is 0.554. The number of aromatic nitrogens is 4. The summed E-state index contributed by atoms with van der Waals surface area (Å²) >= 11 is 1.32. The number of nitrogens with zero attached hydrogens (tertiary/aromatic N) is 3. The Morgan fingerprint density at radius 2 is 2.26 bits per heavy atom. The topological polar surface area (TPSA) is 80.8 Å². The number of rotatable bonds is 6. The molecule has 0 unspecified atom stereocenters. The minimum atomic E-state index is -0.129. The second kappa shape index (κ2) is 6.70. The summed E-state index contributed by atoms with van der Waals surface area (Å²) in [5, 5.41) is 3.02. The van der Waals surface area contributed by atoms with Crippen LogP contribution in [0.3, 0.4) is 0 Å². The van der Waals surface area contributed by atoms with E-state index in [1.165, 1.54) is 23.7 Å². The summed E-state index contributed by atoms with van der Waals surface area (Å²) in [7, 11) is 0. The molecular weight excluding hydrogens is 312 g/mol. The molecule has 0 fully saturated rings. The van der Waals surface area contributed by atoms with Crippen LogP contribution in [-0.4, -0.2) is 32.3 Å². The van der Waals surface area contributed by atoms with E-state index in [1.54, 1.807) is 23.8 Å². The number of carbonyl (C=O) groups excluding carboxylic acids is 1. The number of thiazole rings is 1. The van der Waals surface area contributed by atoms with Crippen molar-refractivity contribution in [2.75, 3.05) is 6.61 Å². The normalized spacial score (nSPS) is 11.6. The van der Waals surface area contributed by atoms with Crippen LogP contribution in [0.1, 0.15) is 29.2 Å². The highest BCUT2D eigenvalue weighted by molar-refractivity contribution is 7.11. The summed E-state index contributed by atoms with van der Waals surface area (Å²) in [6.45, 7) is 4.71. The first-order valence-corrected chi connectivity index (χ1v) is 8.10. The fraction of sp³-hybridized carbons (Fsp3) is 0.250. The average Bonchev–Trinajstić information content (AvgIpc) is 3.20. The molecule has 6 nitrogen and oxygen atoms in total. The molecule has 0 saturated heterocycles. The second-order valence-corrected chi connectivity index (χ2v) is 6.28. The molecule has 3 aromatic rings. The van der Waals surface area contributed by atoms with Crippen molar-refractivity contribution in [1.82, 2.24) is 19.9 Å². The zero-order chi connectivity index (χ0) is 16.2. The van der Waals surface area contributed by atoms with Crippen molar-refractivity contribution in [2.45, 2.75) is 13.8 Å². The zero-order valence-corrected chi connectivity index (χ0v) is 13.6. The molecule has 23 heavy (non-hydrogen) atoms. The van der Waals surface area contributed by atoms with Gasteiger partial charge in [-0.05, 0) is 18.1 Å². The smallest absolute Gasteiger partial charge is 0.226 e. The van der Waals surface area contributed by atoms with Crippen LogP contribution in [0.5, 0.6) is 5.88 Å². The van der Waals surface area contributed by atoms with Crippen LogP contribution in [0.4, 0.5) is 0 Å². The highest BCUT2D eigenvalue weighted by Crippen LogP contribution is 2.26. The van der Waals surface area contributed by atoms with E-state index in [0.29, 0.717) is 29.1 Å². The van der Waals surface area contributed by atoms with Gasteiger partial charge in [0.25, 0.3) is 0 Å². The summed E-state index contributed by atoms with van der Waals surface area (Å²) in [5.74, 6) is 0.784.